The van der Waals surface area contributed by atoms with Crippen LogP contribution < -0.4 is 4.74 Å². The third kappa shape index (κ3) is 3.74. The second-order valence-electron chi connectivity index (χ2n) is 7.74. The van der Waals surface area contributed by atoms with Crippen molar-refractivity contribution in [3.8, 4) is 5.75 Å². The van der Waals surface area contributed by atoms with Gasteiger partial charge in [0.05, 0.1) is 6.61 Å². The normalized spacial score (nSPS) is 23.9. The van der Waals surface area contributed by atoms with E-state index in [0.29, 0.717) is 11.8 Å². The largest absolute Gasteiger partial charge is 0.493 e. The van der Waals surface area contributed by atoms with Crippen molar-refractivity contribution in [1.82, 2.24) is 4.90 Å². The van der Waals surface area contributed by atoms with E-state index in [4.69, 9.17) is 4.74 Å². The van der Waals surface area contributed by atoms with Crippen LogP contribution in [-0.4, -0.2) is 31.6 Å². The molecule has 2 aromatic carbocycles. The Kier molecular flexibility index (Phi) is 5.07. The molecule has 2 nitrogen and oxygen atoms in total. The molecule has 1 aliphatic heterocycles. The highest BCUT2D eigenvalue weighted by atomic mass is 16.5. The maximum Gasteiger partial charge on any atom is 0.122 e. The summed E-state index contributed by atoms with van der Waals surface area (Å²) in [6.07, 6.45) is 6.23. The van der Waals surface area contributed by atoms with E-state index in [-0.39, 0.29) is 0 Å². The summed E-state index contributed by atoms with van der Waals surface area (Å²) >= 11 is 0. The number of fused-ring (bicyclic) bond motifs is 1. The average Bonchev–Trinajstić information content (AvgIpc) is 2.67. The molecule has 25 heavy (non-hydrogen) atoms. The summed E-state index contributed by atoms with van der Waals surface area (Å²) in [5.74, 6) is 2.30. The lowest BCUT2D eigenvalue weighted by Gasteiger charge is -2.37. The van der Waals surface area contributed by atoms with Crippen LogP contribution in [0, 0.1) is 5.92 Å². The van der Waals surface area contributed by atoms with Crippen molar-refractivity contribution in [2.45, 2.75) is 38.0 Å². The SMILES string of the molecule is CN1CC[C@@H](c2ccccc2)[C@H](COc2cccc3c2CCCC3)C1. The Hall–Kier alpha value is -1.80. The minimum absolute atomic E-state index is 0.556. The molecule has 0 radical (unpaired) electrons. The average molecular weight is 335 g/mol. The number of benzene rings is 2. The fraction of sp³-hybridized carbons (Fsp3) is 0.478. The summed E-state index contributed by atoms with van der Waals surface area (Å²) in [6.45, 7) is 3.12. The van der Waals surface area contributed by atoms with Crippen LogP contribution in [0.4, 0.5) is 0 Å². The van der Waals surface area contributed by atoms with Gasteiger partial charge in [-0.25, -0.2) is 0 Å². The topological polar surface area (TPSA) is 12.5 Å². The van der Waals surface area contributed by atoms with Gasteiger partial charge in [-0.3, -0.25) is 0 Å². The lowest BCUT2D eigenvalue weighted by atomic mass is 9.81. The first-order chi connectivity index (χ1) is 12.3. The molecule has 0 aromatic heterocycles. The van der Waals surface area contributed by atoms with Gasteiger partial charge in [0.1, 0.15) is 5.75 Å². The lowest BCUT2D eigenvalue weighted by Crippen LogP contribution is -2.39. The van der Waals surface area contributed by atoms with E-state index < -0.39 is 0 Å². The van der Waals surface area contributed by atoms with Crippen LogP contribution in [-0.2, 0) is 12.8 Å². The van der Waals surface area contributed by atoms with E-state index in [1.165, 1.54) is 55.3 Å². The molecule has 2 heteroatoms. The number of ether oxygens (including phenoxy) is 1. The maximum atomic E-state index is 6.42. The molecule has 1 fully saturated rings. The summed E-state index contributed by atoms with van der Waals surface area (Å²) in [5, 5.41) is 0. The number of hydrogen-bond acceptors (Lipinski definition) is 2. The van der Waals surface area contributed by atoms with E-state index in [9.17, 15) is 0 Å². The second kappa shape index (κ2) is 7.61. The molecule has 0 amide bonds. The molecule has 0 N–H and O–H groups in total. The molecule has 2 atom stereocenters. The molecule has 0 saturated carbocycles. The Morgan fingerprint density at radius 3 is 2.72 bits per heavy atom. The van der Waals surface area contributed by atoms with Crippen LogP contribution in [0.15, 0.2) is 48.5 Å². The van der Waals surface area contributed by atoms with Crippen molar-refractivity contribution in [3.05, 3.63) is 65.2 Å². The summed E-state index contributed by atoms with van der Waals surface area (Å²) in [4.78, 5) is 2.45. The molecule has 2 aromatic rings. The minimum Gasteiger partial charge on any atom is -0.493 e. The van der Waals surface area contributed by atoms with Crippen molar-refractivity contribution in [3.63, 3.8) is 0 Å². The fourth-order valence-electron chi connectivity index (χ4n) is 4.60. The van der Waals surface area contributed by atoms with Crippen molar-refractivity contribution in [2.24, 2.45) is 5.92 Å². The first-order valence-corrected chi connectivity index (χ1v) is 9.78. The molecule has 0 spiro atoms. The zero-order valence-electron chi connectivity index (χ0n) is 15.3. The van der Waals surface area contributed by atoms with Crippen molar-refractivity contribution >= 4 is 0 Å². The summed E-state index contributed by atoms with van der Waals surface area (Å²) in [7, 11) is 2.23. The monoisotopic (exact) mass is 335 g/mol. The Balaban J connectivity index is 1.50. The van der Waals surface area contributed by atoms with E-state index >= 15 is 0 Å². The zero-order valence-corrected chi connectivity index (χ0v) is 15.3. The summed E-state index contributed by atoms with van der Waals surface area (Å²) in [5.41, 5.74) is 4.44. The number of nitrogens with zero attached hydrogens (tertiary/aromatic N) is 1. The molecule has 0 bridgehead atoms. The Morgan fingerprint density at radius 1 is 1.00 bits per heavy atom. The van der Waals surface area contributed by atoms with Crippen LogP contribution in [0.3, 0.4) is 0 Å². The van der Waals surface area contributed by atoms with Gasteiger partial charge in [0.25, 0.3) is 0 Å². The fourth-order valence-corrected chi connectivity index (χ4v) is 4.60. The molecular weight excluding hydrogens is 306 g/mol. The Labute approximate surface area is 151 Å². The highest BCUT2D eigenvalue weighted by molar-refractivity contribution is 5.41. The first kappa shape index (κ1) is 16.7. The predicted molar refractivity (Wildman–Crippen MR) is 103 cm³/mol. The van der Waals surface area contributed by atoms with Crippen LogP contribution in [0.5, 0.6) is 5.75 Å². The third-order valence-electron chi connectivity index (χ3n) is 5.97. The van der Waals surface area contributed by atoms with E-state index in [1.807, 2.05) is 0 Å². The smallest absolute Gasteiger partial charge is 0.122 e. The maximum absolute atomic E-state index is 6.42. The Morgan fingerprint density at radius 2 is 1.84 bits per heavy atom. The minimum atomic E-state index is 0.556. The number of rotatable bonds is 4. The van der Waals surface area contributed by atoms with Crippen LogP contribution in [0.25, 0.3) is 0 Å². The van der Waals surface area contributed by atoms with Crippen LogP contribution in [0.2, 0.25) is 0 Å². The van der Waals surface area contributed by atoms with Crippen molar-refractivity contribution in [1.29, 1.82) is 0 Å². The van der Waals surface area contributed by atoms with Gasteiger partial charge in [-0.05, 0) is 74.4 Å². The summed E-state index contributed by atoms with van der Waals surface area (Å²) < 4.78 is 6.42. The predicted octanol–water partition coefficient (Wildman–Crippen LogP) is 4.68. The second-order valence-corrected chi connectivity index (χ2v) is 7.74. The molecule has 1 saturated heterocycles. The van der Waals surface area contributed by atoms with Crippen molar-refractivity contribution in [2.75, 3.05) is 26.7 Å². The van der Waals surface area contributed by atoms with Crippen LogP contribution in [0.1, 0.15) is 41.9 Å². The highest BCUT2D eigenvalue weighted by Gasteiger charge is 2.29. The zero-order chi connectivity index (χ0) is 17.1. The first-order valence-electron chi connectivity index (χ1n) is 9.78. The highest BCUT2D eigenvalue weighted by Crippen LogP contribution is 2.34. The number of likely N-dealkylation sites (tertiary alicyclic amines) is 1. The van der Waals surface area contributed by atoms with Gasteiger partial charge in [-0.2, -0.15) is 0 Å². The van der Waals surface area contributed by atoms with Gasteiger partial charge in [-0.15, -0.1) is 0 Å². The van der Waals surface area contributed by atoms with E-state index in [1.54, 1.807) is 0 Å². The van der Waals surface area contributed by atoms with Crippen LogP contribution >= 0.6 is 0 Å². The molecule has 1 heterocycles. The molecule has 2 aliphatic rings. The number of piperidine rings is 1. The number of hydrogen-bond donors (Lipinski definition) is 0. The van der Waals surface area contributed by atoms with Gasteiger partial charge < -0.3 is 9.64 Å². The molecule has 132 valence electrons. The van der Waals surface area contributed by atoms with Gasteiger partial charge in [0, 0.05) is 12.5 Å². The molecule has 0 unspecified atom stereocenters. The van der Waals surface area contributed by atoms with Gasteiger partial charge in [-0.1, -0.05) is 42.5 Å². The quantitative estimate of drug-likeness (QED) is 0.804. The molecule has 4 rings (SSSR count). The standard InChI is InChI=1S/C23H29NO/c1-24-15-14-21(18-8-3-2-4-9-18)20(16-24)17-25-23-13-7-11-19-10-5-6-12-22(19)23/h2-4,7-9,11,13,20-21H,5-6,10,12,14-17H2,1H3/t20-,21-/m0/s1. The van der Waals surface area contributed by atoms with Gasteiger partial charge in [0.15, 0.2) is 0 Å². The van der Waals surface area contributed by atoms with Gasteiger partial charge in [0.2, 0.25) is 0 Å². The van der Waals surface area contributed by atoms with E-state index in [0.717, 1.165) is 18.9 Å². The van der Waals surface area contributed by atoms with Gasteiger partial charge >= 0.3 is 0 Å². The third-order valence-corrected chi connectivity index (χ3v) is 5.97. The molecule has 1 aliphatic carbocycles. The van der Waals surface area contributed by atoms with E-state index in [2.05, 4.69) is 60.5 Å². The lowest BCUT2D eigenvalue weighted by molar-refractivity contribution is 0.129. The number of aryl methyl sites for hydroxylation is 1. The molecular formula is C23H29NO. The summed E-state index contributed by atoms with van der Waals surface area (Å²) in [6, 6.07) is 17.6. The Bertz CT molecular complexity index is 696. The van der Waals surface area contributed by atoms with Crippen molar-refractivity contribution < 1.29 is 4.74 Å².